The SMILES string of the molecule is COC(=O)C(Cc1ccc(OCCCCC2CCN(c3ccncc3)CC2)cc1)NC(=O)Cc1ccccc1. The number of esters is 1. The molecule has 1 aliphatic rings. The van der Waals surface area contributed by atoms with Crippen LogP contribution in [0.25, 0.3) is 0 Å². The van der Waals surface area contributed by atoms with Crippen LogP contribution >= 0.6 is 0 Å². The maximum Gasteiger partial charge on any atom is 0.328 e. The molecule has 1 atom stereocenters. The Hall–Kier alpha value is -3.87. The number of carbonyl (C=O) groups is 2. The zero-order valence-corrected chi connectivity index (χ0v) is 22.8. The second-order valence-electron chi connectivity index (χ2n) is 10.1. The predicted octanol–water partition coefficient (Wildman–Crippen LogP) is 4.99. The van der Waals surface area contributed by atoms with Gasteiger partial charge in [-0.2, -0.15) is 0 Å². The molecule has 1 aliphatic heterocycles. The van der Waals surface area contributed by atoms with Crippen molar-refractivity contribution in [1.82, 2.24) is 10.3 Å². The van der Waals surface area contributed by atoms with Crippen LogP contribution in [-0.2, 0) is 27.2 Å². The van der Waals surface area contributed by atoms with Crippen LogP contribution in [0, 0.1) is 5.92 Å². The highest BCUT2D eigenvalue weighted by molar-refractivity contribution is 5.85. The van der Waals surface area contributed by atoms with Crippen LogP contribution in [0.5, 0.6) is 5.75 Å². The van der Waals surface area contributed by atoms with Crippen molar-refractivity contribution in [3.63, 3.8) is 0 Å². The van der Waals surface area contributed by atoms with Crippen LogP contribution < -0.4 is 15.0 Å². The van der Waals surface area contributed by atoms with E-state index in [1.165, 1.54) is 38.5 Å². The summed E-state index contributed by atoms with van der Waals surface area (Å²) in [6.07, 6.45) is 10.2. The summed E-state index contributed by atoms with van der Waals surface area (Å²) < 4.78 is 10.9. The van der Waals surface area contributed by atoms with Crippen molar-refractivity contribution in [2.45, 2.75) is 51.0 Å². The molecule has 3 aromatic rings. The molecular formula is C32H39N3O4. The van der Waals surface area contributed by atoms with Crippen LogP contribution in [0.3, 0.4) is 0 Å². The largest absolute Gasteiger partial charge is 0.494 e. The Labute approximate surface area is 231 Å². The molecule has 0 aliphatic carbocycles. The highest BCUT2D eigenvalue weighted by atomic mass is 16.5. The molecule has 1 saturated heterocycles. The van der Waals surface area contributed by atoms with Crippen LogP contribution in [0.4, 0.5) is 5.69 Å². The number of ether oxygens (including phenoxy) is 2. The number of hydrogen-bond acceptors (Lipinski definition) is 6. The van der Waals surface area contributed by atoms with Gasteiger partial charge >= 0.3 is 5.97 Å². The molecule has 0 spiro atoms. The molecule has 0 bridgehead atoms. The molecule has 1 amide bonds. The van der Waals surface area contributed by atoms with Crippen molar-refractivity contribution in [1.29, 1.82) is 0 Å². The summed E-state index contributed by atoms with van der Waals surface area (Å²) in [7, 11) is 1.33. The molecule has 0 saturated carbocycles. The maximum atomic E-state index is 12.5. The van der Waals surface area contributed by atoms with Crippen molar-refractivity contribution < 1.29 is 19.1 Å². The lowest BCUT2D eigenvalue weighted by Crippen LogP contribution is -2.43. The number of nitrogens with one attached hydrogen (secondary N) is 1. The minimum absolute atomic E-state index is 0.212. The number of piperidine rings is 1. The second kappa shape index (κ2) is 14.9. The fourth-order valence-electron chi connectivity index (χ4n) is 5.08. The first kappa shape index (κ1) is 28.1. The number of anilines is 1. The third-order valence-electron chi connectivity index (χ3n) is 7.31. The Bertz CT molecular complexity index is 1150. The van der Waals surface area contributed by atoms with E-state index in [1.54, 1.807) is 0 Å². The van der Waals surface area contributed by atoms with Crippen LogP contribution in [0.2, 0.25) is 0 Å². The van der Waals surface area contributed by atoms with Gasteiger partial charge in [-0.3, -0.25) is 9.78 Å². The number of hydrogen-bond donors (Lipinski definition) is 1. The quantitative estimate of drug-likeness (QED) is 0.248. The lowest BCUT2D eigenvalue weighted by atomic mass is 9.91. The zero-order chi connectivity index (χ0) is 27.3. The molecule has 39 heavy (non-hydrogen) atoms. The zero-order valence-electron chi connectivity index (χ0n) is 22.8. The van der Waals surface area contributed by atoms with E-state index in [1.807, 2.05) is 67.0 Å². The Kier molecular flexibility index (Phi) is 10.8. The van der Waals surface area contributed by atoms with Gasteiger partial charge in [0.05, 0.1) is 20.1 Å². The fourth-order valence-corrected chi connectivity index (χ4v) is 5.08. The predicted molar refractivity (Wildman–Crippen MR) is 153 cm³/mol. The number of unbranched alkanes of at least 4 members (excludes halogenated alkanes) is 1. The molecule has 206 valence electrons. The van der Waals surface area contributed by atoms with E-state index >= 15 is 0 Å². The third kappa shape index (κ3) is 9.13. The summed E-state index contributed by atoms with van der Waals surface area (Å²) in [6.45, 7) is 2.92. The van der Waals surface area contributed by atoms with Gasteiger partial charge in [0, 0.05) is 37.6 Å². The van der Waals surface area contributed by atoms with Crippen molar-refractivity contribution in [2.75, 3.05) is 31.7 Å². The van der Waals surface area contributed by atoms with Crippen LogP contribution in [-0.4, -0.2) is 49.7 Å². The summed E-state index contributed by atoms with van der Waals surface area (Å²) in [5.41, 5.74) is 3.10. The van der Waals surface area contributed by atoms with Gasteiger partial charge in [-0.05, 0) is 67.0 Å². The normalized spacial score (nSPS) is 14.4. The van der Waals surface area contributed by atoms with E-state index in [-0.39, 0.29) is 12.3 Å². The minimum Gasteiger partial charge on any atom is -0.494 e. The molecule has 0 radical (unpaired) electrons. The number of benzene rings is 2. The topological polar surface area (TPSA) is 80.8 Å². The highest BCUT2D eigenvalue weighted by Gasteiger charge is 2.22. The molecule has 4 rings (SSSR count). The molecule has 2 aromatic carbocycles. The molecule has 1 fully saturated rings. The maximum absolute atomic E-state index is 12.5. The van der Waals surface area contributed by atoms with Gasteiger partial charge in [-0.15, -0.1) is 0 Å². The Morgan fingerprint density at radius 2 is 1.67 bits per heavy atom. The van der Waals surface area contributed by atoms with Crippen molar-refractivity contribution >= 4 is 17.6 Å². The highest BCUT2D eigenvalue weighted by Crippen LogP contribution is 2.26. The van der Waals surface area contributed by atoms with Crippen molar-refractivity contribution in [3.8, 4) is 5.75 Å². The summed E-state index contributed by atoms with van der Waals surface area (Å²) in [5.74, 6) is 0.932. The number of nitrogens with zero attached hydrogens (tertiary/aromatic N) is 2. The van der Waals surface area contributed by atoms with Gasteiger partial charge in [0.1, 0.15) is 11.8 Å². The van der Waals surface area contributed by atoms with E-state index in [9.17, 15) is 9.59 Å². The molecule has 7 heteroatoms. The average molecular weight is 530 g/mol. The molecule has 7 nitrogen and oxygen atoms in total. The Morgan fingerprint density at radius 3 is 2.36 bits per heavy atom. The third-order valence-corrected chi connectivity index (χ3v) is 7.31. The van der Waals surface area contributed by atoms with E-state index in [0.717, 1.165) is 42.3 Å². The first-order valence-corrected chi connectivity index (χ1v) is 13.9. The van der Waals surface area contributed by atoms with Gasteiger partial charge in [-0.1, -0.05) is 48.9 Å². The number of carbonyl (C=O) groups excluding carboxylic acids is 2. The van der Waals surface area contributed by atoms with Gasteiger partial charge in [0.2, 0.25) is 5.91 Å². The molecule has 1 N–H and O–H groups in total. The fraction of sp³-hybridized carbons (Fsp3) is 0.406. The average Bonchev–Trinajstić information content (AvgIpc) is 2.98. The van der Waals surface area contributed by atoms with Crippen LogP contribution in [0.15, 0.2) is 79.1 Å². The Morgan fingerprint density at radius 1 is 0.949 bits per heavy atom. The van der Waals surface area contributed by atoms with Crippen molar-refractivity contribution in [2.24, 2.45) is 5.92 Å². The molecular weight excluding hydrogens is 490 g/mol. The molecule has 2 heterocycles. The summed E-state index contributed by atoms with van der Waals surface area (Å²) in [6, 6.07) is 20.6. The van der Waals surface area contributed by atoms with E-state index in [4.69, 9.17) is 9.47 Å². The lowest BCUT2D eigenvalue weighted by Gasteiger charge is -2.33. The molecule has 1 aromatic heterocycles. The lowest BCUT2D eigenvalue weighted by molar-refractivity contribution is -0.145. The van der Waals surface area contributed by atoms with Gasteiger partial charge in [0.25, 0.3) is 0 Å². The smallest absolute Gasteiger partial charge is 0.328 e. The standard InChI is InChI=1S/C32H39N3O4/c1-38-32(37)30(34-31(36)24-26-8-3-2-4-9-26)23-27-10-12-29(13-11-27)39-22-6-5-7-25-16-20-35(21-17-25)28-14-18-33-19-15-28/h2-4,8-15,18-19,25,30H,5-7,16-17,20-24H2,1H3,(H,34,36). The summed E-state index contributed by atoms with van der Waals surface area (Å²) >= 11 is 0. The van der Waals surface area contributed by atoms with Gasteiger partial charge in [-0.25, -0.2) is 4.79 Å². The number of amides is 1. The summed E-state index contributed by atoms with van der Waals surface area (Å²) in [5, 5.41) is 2.82. The van der Waals surface area contributed by atoms with E-state index in [2.05, 4.69) is 27.3 Å². The van der Waals surface area contributed by atoms with E-state index in [0.29, 0.717) is 13.0 Å². The summed E-state index contributed by atoms with van der Waals surface area (Å²) in [4.78, 5) is 31.4. The minimum atomic E-state index is -0.741. The number of pyridine rings is 1. The monoisotopic (exact) mass is 529 g/mol. The van der Waals surface area contributed by atoms with Gasteiger partial charge in [0.15, 0.2) is 0 Å². The second-order valence-corrected chi connectivity index (χ2v) is 10.1. The van der Waals surface area contributed by atoms with Crippen molar-refractivity contribution in [3.05, 3.63) is 90.3 Å². The first-order chi connectivity index (χ1) is 19.1. The van der Waals surface area contributed by atoms with E-state index < -0.39 is 12.0 Å². The van der Waals surface area contributed by atoms with Crippen LogP contribution in [0.1, 0.15) is 43.2 Å². The molecule has 1 unspecified atom stereocenters. The number of methoxy groups -OCH3 is 1. The number of rotatable bonds is 13. The Balaban J connectivity index is 1.14. The van der Waals surface area contributed by atoms with Gasteiger partial charge < -0.3 is 19.7 Å². The first-order valence-electron chi connectivity index (χ1n) is 13.9. The number of aromatic nitrogens is 1.